The van der Waals surface area contributed by atoms with Gasteiger partial charge in [-0.05, 0) is 54.7 Å². The lowest BCUT2D eigenvalue weighted by molar-refractivity contribution is 0.324. The van der Waals surface area contributed by atoms with Gasteiger partial charge in [0, 0.05) is 0 Å². The smallest absolute Gasteiger partial charge is 0.203 e. The molecular weight excluding hydrogens is 290 g/mol. The highest BCUT2D eigenvalue weighted by Crippen LogP contribution is 2.39. The third kappa shape index (κ3) is 3.24. The Morgan fingerprint density at radius 2 is 1.48 bits per heavy atom. The van der Waals surface area contributed by atoms with Crippen LogP contribution in [0, 0.1) is 25.2 Å². The molecule has 0 spiro atoms. The molecule has 0 aliphatic carbocycles. The lowest BCUT2D eigenvalue weighted by atomic mass is 9.93. The molecule has 2 rings (SSSR count). The molecule has 0 fully saturated rings. The molecule has 120 valence electrons. The third-order valence-corrected chi connectivity index (χ3v) is 3.97. The summed E-state index contributed by atoms with van der Waals surface area (Å²) in [5.74, 6) is 1.80. The van der Waals surface area contributed by atoms with E-state index in [0.717, 1.165) is 27.8 Å². The maximum absolute atomic E-state index is 9.47. The molecule has 0 atom stereocenters. The zero-order valence-corrected chi connectivity index (χ0v) is 14.2. The van der Waals surface area contributed by atoms with Gasteiger partial charge in [-0.1, -0.05) is 12.1 Å². The number of benzene rings is 2. The van der Waals surface area contributed by atoms with Gasteiger partial charge in [-0.15, -0.1) is 0 Å². The van der Waals surface area contributed by atoms with Gasteiger partial charge in [-0.25, -0.2) is 0 Å². The van der Waals surface area contributed by atoms with Gasteiger partial charge in [-0.3, -0.25) is 0 Å². The Morgan fingerprint density at radius 1 is 0.913 bits per heavy atom. The first kappa shape index (κ1) is 16.7. The predicted octanol–water partition coefficient (Wildman–Crippen LogP) is 3.79. The summed E-state index contributed by atoms with van der Waals surface area (Å²) < 4.78 is 16.1. The first-order valence-corrected chi connectivity index (χ1v) is 7.33. The number of ether oxygens (including phenoxy) is 3. The number of methoxy groups -OCH3 is 3. The fourth-order valence-corrected chi connectivity index (χ4v) is 2.69. The number of nitrogens with zero attached hydrogens (tertiary/aromatic N) is 1. The summed E-state index contributed by atoms with van der Waals surface area (Å²) in [7, 11) is 4.78. The second-order valence-electron chi connectivity index (χ2n) is 5.38. The van der Waals surface area contributed by atoms with Gasteiger partial charge in [0.15, 0.2) is 11.5 Å². The van der Waals surface area contributed by atoms with E-state index in [4.69, 9.17) is 14.2 Å². The molecular formula is C19H21NO3. The number of hydrogen-bond acceptors (Lipinski definition) is 4. The summed E-state index contributed by atoms with van der Waals surface area (Å²) in [5.41, 5.74) is 4.85. The van der Waals surface area contributed by atoms with Crippen LogP contribution in [0.5, 0.6) is 17.2 Å². The van der Waals surface area contributed by atoms with E-state index in [1.165, 1.54) is 0 Å². The molecule has 2 aromatic rings. The summed E-state index contributed by atoms with van der Waals surface area (Å²) in [6.07, 6.45) is 0.632. The van der Waals surface area contributed by atoms with Crippen LogP contribution in [-0.2, 0) is 6.42 Å². The van der Waals surface area contributed by atoms with Crippen molar-refractivity contribution < 1.29 is 14.2 Å². The van der Waals surface area contributed by atoms with Crippen LogP contribution in [0.4, 0.5) is 0 Å². The Hall–Kier alpha value is -2.67. The normalized spacial score (nSPS) is 10.1. The van der Waals surface area contributed by atoms with Crippen molar-refractivity contribution in [3.8, 4) is 23.3 Å². The Balaban J connectivity index is 2.54. The molecule has 0 radical (unpaired) electrons. The third-order valence-electron chi connectivity index (χ3n) is 3.97. The van der Waals surface area contributed by atoms with Gasteiger partial charge in [-0.2, -0.15) is 5.26 Å². The minimum atomic E-state index is 0.570. The minimum Gasteiger partial charge on any atom is -0.493 e. The molecule has 0 unspecified atom stereocenters. The van der Waals surface area contributed by atoms with Gasteiger partial charge < -0.3 is 14.2 Å². The van der Waals surface area contributed by atoms with Crippen molar-refractivity contribution in [1.29, 1.82) is 5.26 Å². The lowest BCUT2D eigenvalue weighted by Gasteiger charge is -2.16. The standard InChI is InChI=1S/C19H21NO3/c1-12-6-7-13(2)16(11-20)15(12)8-14-9-17(21-3)19(23-5)18(10-14)22-4/h6-7,9-10H,8H2,1-5H3. The van der Waals surface area contributed by atoms with E-state index in [2.05, 4.69) is 6.07 Å². The van der Waals surface area contributed by atoms with E-state index in [1.807, 2.05) is 38.1 Å². The topological polar surface area (TPSA) is 51.5 Å². The van der Waals surface area contributed by atoms with Crippen molar-refractivity contribution >= 4 is 0 Å². The van der Waals surface area contributed by atoms with E-state index in [1.54, 1.807) is 21.3 Å². The predicted molar refractivity (Wildman–Crippen MR) is 89.5 cm³/mol. The minimum absolute atomic E-state index is 0.570. The van der Waals surface area contributed by atoms with E-state index in [9.17, 15) is 5.26 Å². The van der Waals surface area contributed by atoms with Gasteiger partial charge in [0.05, 0.1) is 33.0 Å². The Labute approximate surface area is 137 Å². The monoisotopic (exact) mass is 311 g/mol. The Bertz CT molecular complexity index is 735. The van der Waals surface area contributed by atoms with Crippen LogP contribution in [0.25, 0.3) is 0 Å². The van der Waals surface area contributed by atoms with Gasteiger partial charge in [0.1, 0.15) is 0 Å². The highest BCUT2D eigenvalue weighted by Gasteiger charge is 2.15. The largest absolute Gasteiger partial charge is 0.493 e. The molecule has 0 heterocycles. The number of hydrogen-bond donors (Lipinski definition) is 0. The quantitative estimate of drug-likeness (QED) is 0.843. The van der Waals surface area contributed by atoms with E-state index in [0.29, 0.717) is 23.7 Å². The summed E-state index contributed by atoms with van der Waals surface area (Å²) in [6, 6.07) is 10.2. The van der Waals surface area contributed by atoms with Crippen LogP contribution >= 0.6 is 0 Å². The molecule has 0 bridgehead atoms. The van der Waals surface area contributed by atoms with Crippen molar-refractivity contribution in [1.82, 2.24) is 0 Å². The highest BCUT2D eigenvalue weighted by molar-refractivity contribution is 5.56. The Kier molecular flexibility index (Phi) is 5.13. The molecule has 0 aromatic heterocycles. The molecule has 0 aliphatic rings. The van der Waals surface area contributed by atoms with E-state index < -0.39 is 0 Å². The van der Waals surface area contributed by atoms with Crippen LogP contribution < -0.4 is 14.2 Å². The fraction of sp³-hybridized carbons (Fsp3) is 0.316. The molecule has 0 saturated heterocycles. The first-order valence-electron chi connectivity index (χ1n) is 7.33. The molecule has 0 aliphatic heterocycles. The van der Waals surface area contributed by atoms with E-state index >= 15 is 0 Å². The molecule has 0 amide bonds. The summed E-state index contributed by atoms with van der Waals surface area (Å²) in [6.45, 7) is 3.98. The Morgan fingerprint density at radius 3 is 1.96 bits per heavy atom. The average molecular weight is 311 g/mol. The molecule has 4 heteroatoms. The van der Waals surface area contributed by atoms with Crippen molar-refractivity contribution in [2.75, 3.05) is 21.3 Å². The zero-order chi connectivity index (χ0) is 17.0. The molecule has 0 N–H and O–H groups in total. The summed E-state index contributed by atoms with van der Waals surface area (Å²) in [4.78, 5) is 0. The molecule has 23 heavy (non-hydrogen) atoms. The van der Waals surface area contributed by atoms with E-state index in [-0.39, 0.29) is 0 Å². The second-order valence-corrected chi connectivity index (χ2v) is 5.38. The maximum Gasteiger partial charge on any atom is 0.203 e. The molecule has 0 saturated carbocycles. The zero-order valence-electron chi connectivity index (χ0n) is 14.2. The number of rotatable bonds is 5. The van der Waals surface area contributed by atoms with Crippen LogP contribution in [0.2, 0.25) is 0 Å². The highest BCUT2D eigenvalue weighted by atomic mass is 16.5. The van der Waals surface area contributed by atoms with Crippen molar-refractivity contribution in [3.63, 3.8) is 0 Å². The van der Waals surface area contributed by atoms with Crippen LogP contribution in [-0.4, -0.2) is 21.3 Å². The van der Waals surface area contributed by atoms with Gasteiger partial charge in [0.2, 0.25) is 5.75 Å². The maximum atomic E-state index is 9.47. The van der Waals surface area contributed by atoms with Crippen molar-refractivity contribution in [2.45, 2.75) is 20.3 Å². The molecule has 4 nitrogen and oxygen atoms in total. The first-order chi connectivity index (χ1) is 11.0. The van der Waals surface area contributed by atoms with Crippen LogP contribution in [0.15, 0.2) is 24.3 Å². The second kappa shape index (κ2) is 7.06. The van der Waals surface area contributed by atoms with Crippen molar-refractivity contribution in [3.05, 3.63) is 52.1 Å². The molecule has 2 aromatic carbocycles. The lowest BCUT2D eigenvalue weighted by Crippen LogP contribution is -2.01. The number of aryl methyl sites for hydroxylation is 2. The van der Waals surface area contributed by atoms with Gasteiger partial charge >= 0.3 is 0 Å². The van der Waals surface area contributed by atoms with Crippen LogP contribution in [0.3, 0.4) is 0 Å². The SMILES string of the molecule is COc1cc(Cc2c(C)ccc(C)c2C#N)cc(OC)c1OC. The van der Waals surface area contributed by atoms with Crippen LogP contribution in [0.1, 0.15) is 27.8 Å². The average Bonchev–Trinajstić information content (AvgIpc) is 2.57. The fourth-order valence-electron chi connectivity index (χ4n) is 2.69. The summed E-state index contributed by atoms with van der Waals surface area (Å²) >= 11 is 0. The van der Waals surface area contributed by atoms with Crippen molar-refractivity contribution in [2.24, 2.45) is 0 Å². The van der Waals surface area contributed by atoms with Gasteiger partial charge in [0.25, 0.3) is 0 Å². The summed E-state index contributed by atoms with van der Waals surface area (Å²) in [5, 5.41) is 9.47. The number of nitriles is 1.